The molecule has 1 N–H and O–H groups in total. The first-order valence-corrected chi connectivity index (χ1v) is 7.45. The third-order valence-electron chi connectivity index (χ3n) is 3.76. The molecule has 0 aliphatic carbocycles. The Labute approximate surface area is 136 Å². The first-order valence-electron chi connectivity index (χ1n) is 7.45. The summed E-state index contributed by atoms with van der Waals surface area (Å²) in [6, 6.07) is 13.3. The van der Waals surface area contributed by atoms with Gasteiger partial charge in [0, 0.05) is 0 Å². The zero-order valence-corrected chi connectivity index (χ0v) is 12.6. The van der Waals surface area contributed by atoms with Crippen LogP contribution in [0.3, 0.4) is 0 Å². The Balaban J connectivity index is 1.80. The van der Waals surface area contributed by atoms with Gasteiger partial charge in [0.2, 0.25) is 5.82 Å². The molecule has 0 amide bonds. The van der Waals surface area contributed by atoms with E-state index >= 15 is 0 Å². The minimum absolute atomic E-state index is 0.141. The SMILES string of the molecule is O=c1c2ccccc2nc2n1CCO/C2=N/Nc1ccccc1F. The smallest absolute Gasteiger partial charge is 0.275 e. The summed E-state index contributed by atoms with van der Waals surface area (Å²) < 4.78 is 20.7. The summed E-state index contributed by atoms with van der Waals surface area (Å²) in [5, 5.41) is 4.63. The monoisotopic (exact) mass is 324 g/mol. The van der Waals surface area contributed by atoms with E-state index in [0.29, 0.717) is 29.9 Å². The third-order valence-corrected chi connectivity index (χ3v) is 3.76. The number of aromatic nitrogens is 2. The highest BCUT2D eigenvalue weighted by Gasteiger charge is 2.21. The largest absolute Gasteiger partial charge is 0.472 e. The van der Waals surface area contributed by atoms with Crippen molar-refractivity contribution in [1.29, 1.82) is 0 Å². The summed E-state index contributed by atoms with van der Waals surface area (Å²) in [6.45, 7) is 0.690. The molecule has 0 saturated heterocycles. The topological polar surface area (TPSA) is 68.5 Å². The highest BCUT2D eigenvalue weighted by Crippen LogP contribution is 2.15. The van der Waals surface area contributed by atoms with Gasteiger partial charge in [0.05, 0.1) is 23.1 Å². The maximum absolute atomic E-state index is 13.7. The van der Waals surface area contributed by atoms with Crippen molar-refractivity contribution >= 4 is 22.5 Å². The number of hydrogen-bond donors (Lipinski definition) is 1. The Kier molecular flexibility index (Phi) is 3.45. The second-order valence-electron chi connectivity index (χ2n) is 5.27. The molecular formula is C17H13FN4O2. The van der Waals surface area contributed by atoms with Crippen LogP contribution in [0.25, 0.3) is 10.9 Å². The Bertz CT molecular complexity index is 1010. The summed E-state index contributed by atoms with van der Waals surface area (Å²) in [7, 11) is 0. The summed E-state index contributed by atoms with van der Waals surface area (Å²) in [5.41, 5.74) is 3.27. The normalized spacial score (nSPS) is 15.1. The molecule has 0 saturated carbocycles. The Morgan fingerprint density at radius 1 is 1.17 bits per heavy atom. The Morgan fingerprint density at radius 3 is 2.83 bits per heavy atom. The lowest BCUT2D eigenvalue weighted by atomic mass is 10.2. The number of rotatable bonds is 2. The first kappa shape index (κ1) is 14.4. The van der Waals surface area contributed by atoms with Crippen molar-refractivity contribution in [3.05, 3.63) is 70.5 Å². The molecule has 6 nitrogen and oxygen atoms in total. The minimum atomic E-state index is -0.429. The zero-order valence-electron chi connectivity index (χ0n) is 12.6. The van der Waals surface area contributed by atoms with Crippen molar-refractivity contribution in [2.45, 2.75) is 6.54 Å². The van der Waals surface area contributed by atoms with Gasteiger partial charge >= 0.3 is 0 Å². The number of ether oxygens (including phenoxy) is 1. The van der Waals surface area contributed by atoms with E-state index in [-0.39, 0.29) is 17.1 Å². The molecule has 24 heavy (non-hydrogen) atoms. The van der Waals surface area contributed by atoms with Crippen LogP contribution in [0.2, 0.25) is 0 Å². The van der Waals surface area contributed by atoms with Gasteiger partial charge in [-0.2, -0.15) is 0 Å². The van der Waals surface area contributed by atoms with Gasteiger partial charge in [0.1, 0.15) is 12.4 Å². The number of para-hydroxylation sites is 2. The van der Waals surface area contributed by atoms with Crippen LogP contribution in [0.15, 0.2) is 58.4 Å². The number of nitrogens with zero attached hydrogens (tertiary/aromatic N) is 3. The predicted molar refractivity (Wildman–Crippen MR) is 88.5 cm³/mol. The molecule has 0 atom stereocenters. The number of hydrogen-bond acceptors (Lipinski definition) is 5. The molecule has 1 aromatic heterocycles. The van der Waals surface area contributed by atoms with Crippen LogP contribution in [0.1, 0.15) is 5.82 Å². The molecule has 0 radical (unpaired) electrons. The molecular weight excluding hydrogens is 311 g/mol. The van der Waals surface area contributed by atoms with Gasteiger partial charge < -0.3 is 4.74 Å². The second-order valence-corrected chi connectivity index (χ2v) is 5.27. The molecule has 7 heteroatoms. The van der Waals surface area contributed by atoms with Crippen molar-refractivity contribution in [2.75, 3.05) is 12.0 Å². The lowest BCUT2D eigenvalue weighted by molar-refractivity contribution is 0.259. The summed E-state index contributed by atoms with van der Waals surface area (Å²) in [6.07, 6.45) is 0. The van der Waals surface area contributed by atoms with E-state index in [9.17, 15) is 9.18 Å². The van der Waals surface area contributed by atoms with Crippen LogP contribution in [0.5, 0.6) is 0 Å². The number of benzene rings is 2. The van der Waals surface area contributed by atoms with E-state index in [1.54, 1.807) is 36.4 Å². The molecule has 2 aromatic carbocycles. The van der Waals surface area contributed by atoms with Gasteiger partial charge in [-0.3, -0.25) is 14.8 Å². The van der Waals surface area contributed by atoms with E-state index < -0.39 is 5.82 Å². The lowest BCUT2D eigenvalue weighted by Gasteiger charge is -2.20. The quantitative estimate of drug-likeness (QED) is 0.735. The molecule has 0 fully saturated rings. The highest BCUT2D eigenvalue weighted by molar-refractivity contribution is 5.93. The summed E-state index contributed by atoms with van der Waals surface area (Å²) in [4.78, 5) is 17.0. The molecule has 0 unspecified atom stereocenters. The maximum atomic E-state index is 13.7. The number of nitrogens with one attached hydrogen (secondary N) is 1. The van der Waals surface area contributed by atoms with Gasteiger partial charge in [-0.25, -0.2) is 9.37 Å². The van der Waals surface area contributed by atoms with Crippen LogP contribution in [-0.4, -0.2) is 22.1 Å². The van der Waals surface area contributed by atoms with Crippen molar-refractivity contribution in [3.8, 4) is 0 Å². The van der Waals surface area contributed by atoms with Gasteiger partial charge in [-0.1, -0.05) is 24.3 Å². The predicted octanol–water partition coefficient (Wildman–Crippen LogP) is 2.34. The fourth-order valence-corrected chi connectivity index (χ4v) is 2.58. The van der Waals surface area contributed by atoms with Crippen molar-refractivity contribution in [3.63, 3.8) is 0 Å². The Hall–Kier alpha value is -3.22. The fraction of sp³-hybridized carbons (Fsp3) is 0.118. The minimum Gasteiger partial charge on any atom is -0.472 e. The van der Waals surface area contributed by atoms with Crippen LogP contribution >= 0.6 is 0 Å². The average molecular weight is 324 g/mol. The fourth-order valence-electron chi connectivity index (χ4n) is 2.58. The van der Waals surface area contributed by atoms with Crippen LogP contribution in [-0.2, 0) is 11.3 Å². The summed E-state index contributed by atoms with van der Waals surface area (Å²) >= 11 is 0. The van der Waals surface area contributed by atoms with Crippen LogP contribution < -0.4 is 11.0 Å². The molecule has 0 bridgehead atoms. The summed E-state index contributed by atoms with van der Waals surface area (Å²) in [5.74, 6) is 0.0580. The second kappa shape index (κ2) is 5.77. The zero-order chi connectivity index (χ0) is 16.5. The average Bonchev–Trinajstić information content (AvgIpc) is 2.61. The van der Waals surface area contributed by atoms with Gasteiger partial charge in [0.15, 0.2) is 0 Å². The van der Waals surface area contributed by atoms with E-state index in [4.69, 9.17) is 4.74 Å². The molecule has 4 rings (SSSR count). The number of anilines is 1. The van der Waals surface area contributed by atoms with Crippen LogP contribution in [0, 0.1) is 5.82 Å². The molecule has 0 spiro atoms. The van der Waals surface area contributed by atoms with Crippen molar-refractivity contribution < 1.29 is 9.13 Å². The Morgan fingerprint density at radius 2 is 1.96 bits per heavy atom. The number of halogens is 1. The number of hydrazone groups is 1. The third kappa shape index (κ3) is 2.40. The molecule has 2 heterocycles. The van der Waals surface area contributed by atoms with E-state index in [1.807, 2.05) is 6.07 Å². The van der Waals surface area contributed by atoms with Crippen LogP contribution in [0.4, 0.5) is 10.1 Å². The number of fused-ring (bicyclic) bond motifs is 2. The first-order chi connectivity index (χ1) is 11.7. The van der Waals surface area contributed by atoms with Crippen molar-refractivity contribution in [2.24, 2.45) is 5.10 Å². The molecule has 120 valence electrons. The standard InChI is InChI=1S/C17H13FN4O2/c18-12-6-2-4-8-14(12)20-21-16-15-19-13-7-3-1-5-11(13)17(23)22(15)9-10-24-16/h1-8,20H,9-10H2/b21-16+. The van der Waals surface area contributed by atoms with E-state index in [2.05, 4.69) is 15.5 Å². The molecule has 1 aliphatic rings. The lowest BCUT2D eigenvalue weighted by Crippen LogP contribution is -2.35. The van der Waals surface area contributed by atoms with E-state index in [1.165, 1.54) is 10.6 Å². The van der Waals surface area contributed by atoms with Crippen molar-refractivity contribution in [1.82, 2.24) is 9.55 Å². The van der Waals surface area contributed by atoms with E-state index in [0.717, 1.165) is 0 Å². The van der Waals surface area contributed by atoms with Gasteiger partial charge in [0.25, 0.3) is 11.5 Å². The molecule has 3 aromatic rings. The van der Waals surface area contributed by atoms with Gasteiger partial charge in [-0.15, -0.1) is 5.10 Å². The highest BCUT2D eigenvalue weighted by atomic mass is 19.1. The molecule has 1 aliphatic heterocycles. The van der Waals surface area contributed by atoms with Gasteiger partial charge in [-0.05, 0) is 24.3 Å². The maximum Gasteiger partial charge on any atom is 0.275 e.